The van der Waals surface area contributed by atoms with Gasteiger partial charge in [0.15, 0.2) is 0 Å². The molecule has 1 aliphatic heterocycles. The van der Waals surface area contributed by atoms with Crippen LogP contribution in [0.15, 0.2) is 0 Å². The summed E-state index contributed by atoms with van der Waals surface area (Å²) in [5.74, 6) is 1.60. The SMILES string of the molecule is CC1C(CCl)CCN1C1CCCC1. The largest absolute Gasteiger partial charge is 0.297 e. The van der Waals surface area contributed by atoms with Crippen LogP contribution in [0.4, 0.5) is 0 Å². The standard InChI is InChI=1S/C11H20ClN/c1-9-10(8-12)6-7-13(9)11-4-2-3-5-11/h9-11H,2-8H2,1H3. The highest BCUT2D eigenvalue weighted by atomic mass is 35.5. The van der Waals surface area contributed by atoms with Crippen LogP contribution in [0.1, 0.15) is 39.0 Å². The third-order valence-electron chi connectivity index (χ3n) is 3.96. The molecule has 1 aliphatic carbocycles. The van der Waals surface area contributed by atoms with Crippen molar-refractivity contribution in [1.82, 2.24) is 4.90 Å². The molecule has 13 heavy (non-hydrogen) atoms. The van der Waals surface area contributed by atoms with Gasteiger partial charge in [-0.05, 0) is 38.6 Å². The van der Waals surface area contributed by atoms with E-state index in [9.17, 15) is 0 Å². The molecule has 0 aromatic heterocycles. The van der Waals surface area contributed by atoms with Gasteiger partial charge in [-0.1, -0.05) is 12.8 Å². The van der Waals surface area contributed by atoms with Crippen LogP contribution in [0, 0.1) is 5.92 Å². The van der Waals surface area contributed by atoms with Gasteiger partial charge in [0.25, 0.3) is 0 Å². The fraction of sp³-hybridized carbons (Fsp3) is 1.00. The minimum absolute atomic E-state index is 0.737. The Kier molecular flexibility index (Phi) is 3.15. The Balaban J connectivity index is 1.93. The molecule has 2 atom stereocenters. The molecule has 0 aromatic carbocycles. The first kappa shape index (κ1) is 9.79. The van der Waals surface area contributed by atoms with Gasteiger partial charge in [-0.15, -0.1) is 11.6 Å². The second-order valence-corrected chi connectivity index (χ2v) is 4.93. The summed E-state index contributed by atoms with van der Waals surface area (Å²) in [7, 11) is 0. The molecule has 1 heterocycles. The van der Waals surface area contributed by atoms with Crippen molar-refractivity contribution in [2.24, 2.45) is 5.92 Å². The van der Waals surface area contributed by atoms with Crippen LogP contribution in [0.5, 0.6) is 0 Å². The van der Waals surface area contributed by atoms with Gasteiger partial charge in [0.1, 0.15) is 0 Å². The molecule has 2 fully saturated rings. The molecule has 2 rings (SSSR count). The molecule has 0 bridgehead atoms. The van der Waals surface area contributed by atoms with Gasteiger partial charge >= 0.3 is 0 Å². The van der Waals surface area contributed by atoms with Crippen LogP contribution < -0.4 is 0 Å². The molecule has 1 nitrogen and oxygen atoms in total. The van der Waals surface area contributed by atoms with Gasteiger partial charge in [0, 0.05) is 18.0 Å². The quantitative estimate of drug-likeness (QED) is 0.622. The lowest BCUT2D eigenvalue weighted by Gasteiger charge is -2.29. The molecule has 0 radical (unpaired) electrons. The zero-order valence-corrected chi connectivity index (χ0v) is 9.26. The molecule has 0 amide bonds. The normalized spacial score (nSPS) is 37.4. The van der Waals surface area contributed by atoms with Gasteiger partial charge in [-0.2, -0.15) is 0 Å². The summed E-state index contributed by atoms with van der Waals surface area (Å²) >= 11 is 5.95. The highest BCUT2D eigenvalue weighted by Crippen LogP contribution is 2.33. The first-order chi connectivity index (χ1) is 6.33. The lowest BCUT2D eigenvalue weighted by Crippen LogP contribution is -2.37. The summed E-state index contributed by atoms with van der Waals surface area (Å²) in [6.07, 6.45) is 7.07. The van der Waals surface area contributed by atoms with Crippen molar-refractivity contribution < 1.29 is 0 Å². The molecular formula is C11H20ClN. The second kappa shape index (κ2) is 4.18. The molecule has 1 saturated carbocycles. The number of rotatable bonds is 2. The van der Waals surface area contributed by atoms with E-state index in [-0.39, 0.29) is 0 Å². The highest BCUT2D eigenvalue weighted by molar-refractivity contribution is 6.18. The Morgan fingerprint density at radius 3 is 2.46 bits per heavy atom. The number of nitrogens with zero attached hydrogens (tertiary/aromatic N) is 1. The second-order valence-electron chi connectivity index (χ2n) is 4.62. The van der Waals surface area contributed by atoms with Crippen LogP contribution in [-0.4, -0.2) is 29.4 Å². The third-order valence-corrected chi connectivity index (χ3v) is 4.35. The van der Waals surface area contributed by atoms with E-state index < -0.39 is 0 Å². The van der Waals surface area contributed by atoms with Crippen molar-refractivity contribution in [2.45, 2.75) is 51.1 Å². The van der Waals surface area contributed by atoms with Gasteiger partial charge in [-0.3, -0.25) is 4.90 Å². The van der Waals surface area contributed by atoms with Gasteiger partial charge in [0.05, 0.1) is 0 Å². The first-order valence-corrected chi connectivity index (χ1v) is 6.18. The summed E-state index contributed by atoms with van der Waals surface area (Å²) in [6.45, 7) is 3.65. The summed E-state index contributed by atoms with van der Waals surface area (Å²) in [5.41, 5.74) is 0. The topological polar surface area (TPSA) is 3.24 Å². The van der Waals surface area contributed by atoms with Crippen LogP contribution in [-0.2, 0) is 0 Å². The number of alkyl halides is 1. The Morgan fingerprint density at radius 1 is 1.23 bits per heavy atom. The zero-order chi connectivity index (χ0) is 9.26. The third kappa shape index (κ3) is 1.87. The Hall–Kier alpha value is 0.250. The maximum atomic E-state index is 5.95. The van der Waals surface area contributed by atoms with Crippen molar-refractivity contribution in [1.29, 1.82) is 0 Å². The fourth-order valence-electron chi connectivity index (χ4n) is 2.99. The summed E-state index contributed by atoms with van der Waals surface area (Å²) in [5, 5.41) is 0. The molecule has 0 aromatic rings. The van der Waals surface area contributed by atoms with E-state index in [1.807, 2.05) is 0 Å². The predicted octanol–water partition coefficient (Wildman–Crippen LogP) is 2.88. The van der Waals surface area contributed by atoms with Crippen molar-refractivity contribution in [3.05, 3.63) is 0 Å². The first-order valence-electron chi connectivity index (χ1n) is 5.64. The Morgan fingerprint density at radius 2 is 1.92 bits per heavy atom. The molecule has 2 heteroatoms. The smallest absolute Gasteiger partial charge is 0.0267 e. The lowest BCUT2D eigenvalue weighted by molar-refractivity contribution is 0.179. The van der Waals surface area contributed by atoms with Crippen molar-refractivity contribution in [2.75, 3.05) is 12.4 Å². The monoisotopic (exact) mass is 201 g/mol. The predicted molar refractivity (Wildman–Crippen MR) is 57.3 cm³/mol. The van der Waals surface area contributed by atoms with E-state index in [0.717, 1.165) is 23.9 Å². The van der Waals surface area contributed by atoms with Crippen LogP contribution >= 0.6 is 11.6 Å². The Bertz CT molecular complexity index is 165. The molecular weight excluding hydrogens is 182 g/mol. The van der Waals surface area contributed by atoms with Crippen molar-refractivity contribution in [3.63, 3.8) is 0 Å². The fourth-order valence-corrected chi connectivity index (χ4v) is 3.40. The summed E-state index contributed by atoms with van der Waals surface area (Å²) in [6, 6.07) is 1.63. The molecule has 2 aliphatic rings. The van der Waals surface area contributed by atoms with Crippen LogP contribution in [0.25, 0.3) is 0 Å². The van der Waals surface area contributed by atoms with E-state index in [1.165, 1.54) is 38.6 Å². The summed E-state index contributed by atoms with van der Waals surface area (Å²) < 4.78 is 0. The number of hydrogen-bond acceptors (Lipinski definition) is 1. The van der Waals surface area contributed by atoms with Crippen molar-refractivity contribution in [3.8, 4) is 0 Å². The highest BCUT2D eigenvalue weighted by Gasteiger charge is 2.35. The average molecular weight is 202 g/mol. The minimum Gasteiger partial charge on any atom is -0.297 e. The molecule has 76 valence electrons. The summed E-state index contributed by atoms with van der Waals surface area (Å²) in [4.78, 5) is 2.71. The molecule has 0 spiro atoms. The van der Waals surface area contributed by atoms with E-state index >= 15 is 0 Å². The molecule has 2 unspecified atom stereocenters. The number of halogens is 1. The van der Waals surface area contributed by atoms with Crippen molar-refractivity contribution >= 4 is 11.6 Å². The van der Waals surface area contributed by atoms with Crippen LogP contribution in [0.3, 0.4) is 0 Å². The van der Waals surface area contributed by atoms with Gasteiger partial charge in [0.2, 0.25) is 0 Å². The number of hydrogen-bond donors (Lipinski definition) is 0. The van der Waals surface area contributed by atoms with E-state index in [0.29, 0.717) is 0 Å². The maximum Gasteiger partial charge on any atom is 0.0267 e. The van der Waals surface area contributed by atoms with E-state index in [4.69, 9.17) is 11.6 Å². The van der Waals surface area contributed by atoms with E-state index in [1.54, 1.807) is 0 Å². The van der Waals surface area contributed by atoms with E-state index in [2.05, 4.69) is 11.8 Å². The van der Waals surface area contributed by atoms with Crippen LogP contribution in [0.2, 0.25) is 0 Å². The lowest BCUT2D eigenvalue weighted by atomic mass is 10.0. The maximum absolute atomic E-state index is 5.95. The molecule has 1 saturated heterocycles. The molecule has 0 N–H and O–H groups in total. The van der Waals surface area contributed by atoms with Gasteiger partial charge < -0.3 is 0 Å². The minimum atomic E-state index is 0.737. The van der Waals surface area contributed by atoms with Gasteiger partial charge in [-0.25, -0.2) is 0 Å². The average Bonchev–Trinajstić information content (AvgIpc) is 2.72. The Labute approximate surface area is 86.4 Å². The number of likely N-dealkylation sites (tertiary alicyclic amines) is 1. The zero-order valence-electron chi connectivity index (χ0n) is 8.51.